The maximum atomic E-state index is 12.8. The van der Waals surface area contributed by atoms with Gasteiger partial charge in [0.15, 0.2) is 0 Å². The van der Waals surface area contributed by atoms with Gasteiger partial charge in [-0.3, -0.25) is 4.79 Å². The van der Waals surface area contributed by atoms with Gasteiger partial charge in [0.2, 0.25) is 0 Å². The van der Waals surface area contributed by atoms with E-state index in [9.17, 15) is 9.18 Å². The molecular weight excluding hydrogens is 259 g/mol. The van der Waals surface area contributed by atoms with Crippen molar-refractivity contribution in [2.45, 2.75) is 0 Å². The lowest BCUT2D eigenvalue weighted by Crippen LogP contribution is -2.33. The number of hydrogen-bond acceptors (Lipinski definition) is 3. The molecule has 0 saturated carbocycles. The van der Waals surface area contributed by atoms with Crippen molar-refractivity contribution in [1.82, 2.24) is 10.6 Å². The van der Waals surface area contributed by atoms with E-state index in [-0.39, 0.29) is 18.3 Å². The molecule has 18 heavy (non-hydrogen) atoms. The summed E-state index contributed by atoms with van der Waals surface area (Å²) in [7, 11) is 1.63. The standard InChI is InChI=1S/C12H17FN2O2.ClH/c1-17-8-7-14-5-6-15-12(16)10-3-2-4-11(13)9-10;/h2-4,9,14H,5-8H2,1H3,(H,15,16);1H. The third-order valence-corrected chi connectivity index (χ3v) is 2.16. The highest BCUT2D eigenvalue weighted by Crippen LogP contribution is 2.02. The summed E-state index contributed by atoms with van der Waals surface area (Å²) in [5.74, 6) is -0.672. The van der Waals surface area contributed by atoms with Gasteiger partial charge in [0.25, 0.3) is 5.91 Å². The topological polar surface area (TPSA) is 50.4 Å². The molecule has 0 aromatic heterocycles. The van der Waals surface area contributed by atoms with E-state index in [2.05, 4.69) is 10.6 Å². The lowest BCUT2D eigenvalue weighted by molar-refractivity contribution is 0.0953. The van der Waals surface area contributed by atoms with E-state index in [4.69, 9.17) is 4.74 Å². The van der Waals surface area contributed by atoms with Gasteiger partial charge in [-0.15, -0.1) is 12.4 Å². The summed E-state index contributed by atoms with van der Waals surface area (Å²) >= 11 is 0. The Bertz CT molecular complexity index is 364. The molecule has 102 valence electrons. The van der Waals surface area contributed by atoms with Gasteiger partial charge in [-0.1, -0.05) is 6.07 Å². The summed E-state index contributed by atoms with van der Waals surface area (Å²) in [6.45, 7) is 2.54. The van der Waals surface area contributed by atoms with Crippen LogP contribution in [0.2, 0.25) is 0 Å². The van der Waals surface area contributed by atoms with Crippen LogP contribution in [-0.4, -0.2) is 39.3 Å². The van der Waals surface area contributed by atoms with Crippen molar-refractivity contribution in [3.63, 3.8) is 0 Å². The average molecular weight is 277 g/mol. The zero-order valence-corrected chi connectivity index (χ0v) is 11.1. The smallest absolute Gasteiger partial charge is 0.251 e. The molecule has 2 N–H and O–H groups in total. The summed E-state index contributed by atoms with van der Waals surface area (Å²) in [5.41, 5.74) is 0.335. The van der Waals surface area contributed by atoms with Crippen molar-refractivity contribution >= 4 is 18.3 Å². The van der Waals surface area contributed by atoms with E-state index < -0.39 is 5.82 Å². The monoisotopic (exact) mass is 276 g/mol. The molecule has 0 heterocycles. The van der Waals surface area contributed by atoms with Crippen LogP contribution in [0.3, 0.4) is 0 Å². The summed E-state index contributed by atoms with van der Waals surface area (Å²) in [4.78, 5) is 11.6. The Kier molecular flexibility index (Phi) is 9.18. The maximum Gasteiger partial charge on any atom is 0.251 e. The molecule has 1 amide bonds. The zero-order valence-electron chi connectivity index (χ0n) is 10.2. The van der Waals surface area contributed by atoms with Gasteiger partial charge in [-0.05, 0) is 18.2 Å². The van der Waals surface area contributed by atoms with E-state index in [1.54, 1.807) is 13.2 Å². The van der Waals surface area contributed by atoms with Crippen LogP contribution in [0.4, 0.5) is 4.39 Å². The van der Waals surface area contributed by atoms with Crippen LogP contribution in [0.15, 0.2) is 24.3 Å². The number of methoxy groups -OCH3 is 1. The van der Waals surface area contributed by atoms with E-state index in [0.717, 1.165) is 6.54 Å². The molecular formula is C12H18ClFN2O2. The quantitative estimate of drug-likeness (QED) is 0.736. The van der Waals surface area contributed by atoms with Crippen LogP contribution in [0.1, 0.15) is 10.4 Å². The Hall–Kier alpha value is -1.17. The molecule has 0 aliphatic carbocycles. The first-order valence-corrected chi connectivity index (χ1v) is 5.47. The minimum Gasteiger partial charge on any atom is -0.383 e. The fraction of sp³-hybridized carbons (Fsp3) is 0.417. The van der Waals surface area contributed by atoms with Crippen LogP contribution in [0.5, 0.6) is 0 Å². The molecule has 0 atom stereocenters. The third-order valence-electron chi connectivity index (χ3n) is 2.16. The number of carbonyl (C=O) groups is 1. The Morgan fingerprint density at radius 2 is 2.11 bits per heavy atom. The lowest BCUT2D eigenvalue weighted by atomic mass is 10.2. The van der Waals surface area contributed by atoms with E-state index >= 15 is 0 Å². The number of halogens is 2. The number of hydrogen-bond donors (Lipinski definition) is 2. The van der Waals surface area contributed by atoms with Crippen molar-refractivity contribution in [3.05, 3.63) is 35.6 Å². The molecule has 6 heteroatoms. The molecule has 0 bridgehead atoms. The second-order valence-electron chi connectivity index (χ2n) is 3.51. The first kappa shape index (κ1) is 16.8. The van der Waals surface area contributed by atoms with Crippen LogP contribution in [0, 0.1) is 5.82 Å². The lowest BCUT2D eigenvalue weighted by Gasteiger charge is -2.06. The predicted molar refractivity (Wildman–Crippen MR) is 70.7 cm³/mol. The number of nitrogens with one attached hydrogen (secondary N) is 2. The van der Waals surface area contributed by atoms with Gasteiger partial charge in [-0.2, -0.15) is 0 Å². The Labute approximate surface area is 112 Å². The van der Waals surface area contributed by atoms with Crippen LogP contribution in [0.25, 0.3) is 0 Å². The van der Waals surface area contributed by atoms with Crippen LogP contribution < -0.4 is 10.6 Å². The van der Waals surface area contributed by atoms with E-state index in [1.165, 1.54) is 18.2 Å². The molecule has 0 radical (unpaired) electrons. The largest absolute Gasteiger partial charge is 0.383 e. The Morgan fingerprint density at radius 1 is 1.33 bits per heavy atom. The second kappa shape index (κ2) is 9.82. The third kappa shape index (κ3) is 6.54. The fourth-order valence-corrected chi connectivity index (χ4v) is 1.30. The van der Waals surface area contributed by atoms with Gasteiger partial charge in [0.05, 0.1) is 6.61 Å². The molecule has 0 fully saturated rings. The highest BCUT2D eigenvalue weighted by Gasteiger charge is 2.04. The molecule has 0 aliphatic rings. The normalized spacial score (nSPS) is 9.67. The first-order chi connectivity index (χ1) is 8.24. The van der Waals surface area contributed by atoms with Crippen LogP contribution >= 0.6 is 12.4 Å². The minimum atomic E-state index is -0.407. The summed E-state index contributed by atoms with van der Waals surface area (Å²) in [6.07, 6.45) is 0. The number of ether oxygens (including phenoxy) is 1. The molecule has 0 unspecified atom stereocenters. The predicted octanol–water partition coefficient (Wildman–Crippen LogP) is 1.21. The van der Waals surface area contributed by atoms with Crippen LogP contribution in [-0.2, 0) is 4.74 Å². The molecule has 1 aromatic carbocycles. The average Bonchev–Trinajstić information content (AvgIpc) is 2.33. The van der Waals surface area contributed by atoms with Gasteiger partial charge in [-0.25, -0.2) is 4.39 Å². The molecule has 1 aromatic rings. The van der Waals surface area contributed by atoms with Gasteiger partial charge < -0.3 is 15.4 Å². The number of benzene rings is 1. The summed E-state index contributed by atoms with van der Waals surface area (Å²) in [6, 6.07) is 5.62. The highest BCUT2D eigenvalue weighted by molar-refractivity contribution is 5.94. The van der Waals surface area contributed by atoms with Gasteiger partial charge in [0, 0.05) is 32.3 Å². The Morgan fingerprint density at radius 3 is 2.78 bits per heavy atom. The summed E-state index contributed by atoms with van der Waals surface area (Å²) in [5, 5.41) is 5.78. The Balaban J connectivity index is 0.00000289. The molecule has 4 nitrogen and oxygen atoms in total. The molecule has 0 spiro atoms. The van der Waals surface area contributed by atoms with Crippen molar-refractivity contribution in [2.24, 2.45) is 0 Å². The second-order valence-corrected chi connectivity index (χ2v) is 3.51. The van der Waals surface area contributed by atoms with Gasteiger partial charge in [0.1, 0.15) is 5.82 Å². The van der Waals surface area contributed by atoms with E-state index in [0.29, 0.717) is 25.3 Å². The van der Waals surface area contributed by atoms with Crippen molar-refractivity contribution in [2.75, 3.05) is 33.4 Å². The fourth-order valence-electron chi connectivity index (χ4n) is 1.30. The first-order valence-electron chi connectivity index (χ1n) is 5.47. The van der Waals surface area contributed by atoms with Crippen molar-refractivity contribution in [3.8, 4) is 0 Å². The molecule has 0 aliphatic heterocycles. The SMILES string of the molecule is COCCNCCNC(=O)c1cccc(F)c1.Cl. The number of carbonyl (C=O) groups excluding carboxylic acids is 1. The van der Waals surface area contributed by atoms with Gasteiger partial charge >= 0.3 is 0 Å². The molecule has 1 rings (SSSR count). The number of amides is 1. The maximum absolute atomic E-state index is 12.8. The highest BCUT2D eigenvalue weighted by atomic mass is 35.5. The molecule has 0 saturated heterocycles. The minimum absolute atomic E-state index is 0. The zero-order chi connectivity index (χ0) is 12.5. The summed E-state index contributed by atoms with van der Waals surface area (Å²) < 4.78 is 17.7. The number of rotatable bonds is 7. The van der Waals surface area contributed by atoms with Crippen molar-refractivity contribution in [1.29, 1.82) is 0 Å². The van der Waals surface area contributed by atoms with Crippen molar-refractivity contribution < 1.29 is 13.9 Å². The van der Waals surface area contributed by atoms with E-state index in [1.807, 2.05) is 0 Å².